The van der Waals surface area contributed by atoms with Crippen LogP contribution in [-0.2, 0) is 10.0 Å². The van der Waals surface area contributed by atoms with Crippen LogP contribution < -0.4 is 5.32 Å². The van der Waals surface area contributed by atoms with Gasteiger partial charge in [0.25, 0.3) is 5.91 Å². The maximum atomic E-state index is 11.8. The lowest BCUT2D eigenvalue weighted by Gasteiger charge is -2.14. The molecule has 2 rings (SSSR count). The van der Waals surface area contributed by atoms with Crippen LogP contribution in [-0.4, -0.2) is 49.0 Å². The number of hydrogen-bond acceptors (Lipinski definition) is 4. The smallest absolute Gasteiger partial charge is 0.253 e. The molecule has 0 aliphatic carbocycles. The SMILES string of the molecule is CS(=O)(=O)N1CCC(NC(=O)c2cccnc2)C1. The molecule has 1 N–H and O–H groups in total. The van der Waals surface area contributed by atoms with Gasteiger partial charge in [-0.25, -0.2) is 12.7 Å². The fraction of sp³-hybridized carbons (Fsp3) is 0.455. The number of rotatable bonds is 3. The Morgan fingerprint density at radius 3 is 2.89 bits per heavy atom. The Morgan fingerprint density at radius 2 is 2.33 bits per heavy atom. The van der Waals surface area contributed by atoms with Crippen molar-refractivity contribution >= 4 is 15.9 Å². The van der Waals surface area contributed by atoms with Crippen LogP contribution in [0.5, 0.6) is 0 Å². The van der Waals surface area contributed by atoms with E-state index in [0.717, 1.165) is 0 Å². The Bertz CT molecular complexity index is 530. The van der Waals surface area contributed by atoms with Gasteiger partial charge >= 0.3 is 0 Å². The summed E-state index contributed by atoms with van der Waals surface area (Å²) in [6.07, 6.45) is 4.90. The second-order valence-electron chi connectivity index (χ2n) is 4.32. The number of aromatic nitrogens is 1. The number of amides is 1. The van der Waals surface area contributed by atoms with E-state index in [0.29, 0.717) is 25.1 Å². The first-order chi connectivity index (χ1) is 8.47. The van der Waals surface area contributed by atoms with Gasteiger partial charge in [0, 0.05) is 31.5 Å². The van der Waals surface area contributed by atoms with Gasteiger partial charge in [0.2, 0.25) is 10.0 Å². The number of carbonyl (C=O) groups is 1. The van der Waals surface area contributed by atoms with Crippen LogP contribution in [0.4, 0.5) is 0 Å². The number of pyridine rings is 1. The van der Waals surface area contributed by atoms with E-state index in [2.05, 4.69) is 10.3 Å². The largest absolute Gasteiger partial charge is 0.348 e. The molecular weight excluding hydrogens is 254 g/mol. The van der Waals surface area contributed by atoms with Crippen LogP contribution in [0.3, 0.4) is 0 Å². The van der Waals surface area contributed by atoms with Crippen LogP contribution in [0.15, 0.2) is 24.5 Å². The molecule has 18 heavy (non-hydrogen) atoms. The zero-order chi connectivity index (χ0) is 13.2. The van der Waals surface area contributed by atoms with Gasteiger partial charge in [-0.1, -0.05) is 0 Å². The lowest BCUT2D eigenvalue weighted by Crippen LogP contribution is -2.38. The highest BCUT2D eigenvalue weighted by molar-refractivity contribution is 7.88. The first kappa shape index (κ1) is 13.0. The summed E-state index contributed by atoms with van der Waals surface area (Å²) in [5, 5.41) is 2.81. The lowest BCUT2D eigenvalue weighted by molar-refractivity contribution is 0.0938. The van der Waals surface area contributed by atoms with E-state index < -0.39 is 10.0 Å². The van der Waals surface area contributed by atoms with Gasteiger partial charge in [0.15, 0.2) is 0 Å². The minimum absolute atomic E-state index is 0.132. The Morgan fingerprint density at radius 1 is 1.56 bits per heavy atom. The second-order valence-corrected chi connectivity index (χ2v) is 6.30. The first-order valence-electron chi connectivity index (χ1n) is 5.63. The van der Waals surface area contributed by atoms with Crippen LogP contribution in [0.25, 0.3) is 0 Å². The van der Waals surface area contributed by atoms with Gasteiger partial charge < -0.3 is 5.32 Å². The van der Waals surface area contributed by atoms with E-state index in [1.165, 1.54) is 16.8 Å². The highest BCUT2D eigenvalue weighted by Gasteiger charge is 2.29. The quantitative estimate of drug-likeness (QED) is 0.827. The van der Waals surface area contributed by atoms with E-state index in [1.807, 2.05) is 0 Å². The summed E-state index contributed by atoms with van der Waals surface area (Å²) in [6, 6.07) is 3.23. The summed E-state index contributed by atoms with van der Waals surface area (Å²) in [5.41, 5.74) is 0.482. The van der Waals surface area contributed by atoms with Crippen molar-refractivity contribution in [1.82, 2.24) is 14.6 Å². The molecule has 0 aromatic carbocycles. The summed E-state index contributed by atoms with van der Waals surface area (Å²) < 4.78 is 24.1. The number of sulfonamides is 1. The molecule has 7 heteroatoms. The number of carbonyl (C=O) groups excluding carboxylic acids is 1. The third kappa shape index (κ3) is 3.05. The molecule has 6 nitrogen and oxygen atoms in total. The zero-order valence-corrected chi connectivity index (χ0v) is 10.9. The number of nitrogens with one attached hydrogen (secondary N) is 1. The molecule has 1 saturated heterocycles. The van der Waals surface area contributed by atoms with Crippen LogP contribution >= 0.6 is 0 Å². The normalized spacial score (nSPS) is 20.8. The van der Waals surface area contributed by atoms with Gasteiger partial charge in [-0.05, 0) is 18.6 Å². The van der Waals surface area contributed by atoms with Crippen molar-refractivity contribution in [2.45, 2.75) is 12.5 Å². The summed E-state index contributed by atoms with van der Waals surface area (Å²) >= 11 is 0. The third-order valence-corrected chi connectivity index (χ3v) is 4.15. The van der Waals surface area contributed by atoms with Crippen molar-refractivity contribution in [3.8, 4) is 0 Å². The second kappa shape index (κ2) is 5.03. The van der Waals surface area contributed by atoms with Crippen molar-refractivity contribution in [1.29, 1.82) is 0 Å². The van der Waals surface area contributed by atoms with E-state index in [1.54, 1.807) is 18.3 Å². The van der Waals surface area contributed by atoms with E-state index >= 15 is 0 Å². The third-order valence-electron chi connectivity index (χ3n) is 2.88. The highest BCUT2D eigenvalue weighted by Crippen LogP contribution is 2.13. The van der Waals surface area contributed by atoms with Crippen LogP contribution in [0, 0.1) is 0 Å². The predicted octanol–water partition coefficient (Wildman–Crippen LogP) is -0.155. The minimum Gasteiger partial charge on any atom is -0.348 e. The zero-order valence-electron chi connectivity index (χ0n) is 10.0. The Kier molecular flexibility index (Phi) is 3.63. The Balaban J connectivity index is 1.95. The Labute approximate surface area is 106 Å². The molecule has 0 spiro atoms. The van der Waals surface area contributed by atoms with Gasteiger partial charge in [-0.15, -0.1) is 0 Å². The average Bonchev–Trinajstić information content (AvgIpc) is 2.78. The summed E-state index contributed by atoms with van der Waals surface area (Å²) in [5.74, 6) is -0.219. The standard InChI is InChI=1S/C11H15N3O3S/c1-18(16,17)14-6-4-10(8-14)13-11(15)9-3-2-5-12-7-9/h2-3,5,7,10H,4,6,8H2,1H3,(H,13,15). The van der Waals surface area contributed by atoms with E-state index in [-0.39, 0.29) is 11.9 Å². The summed E-state index contributed by atoms with van der Waals surface area (Å²) in [6.45, 7) is 0.793. The predicted molar refractivity (Wildman–Crippen MR) is 66.5 cm³/mol. The maximum absolute atomic E-state index is 11.8. The molecule has 1 aromatic rings. The summed E-state index contributed by atoms with van der Waals surface area (Å²) in [7, 11) is -3.17. The maximum Gasteiger partial charge on any atom is 0.253 e. The van der Waals surface area contributed by atoms with Crippen molar-refractivity contribution < 1.29 is 13.2 Å². The van der Waals surface area contributed by atoms with Crippen LogP contribution in [0.2, 0.25) is 0 Å². The molecule has 0 radical (unpaired) electrons. The Hall–Kier alpha value is -1.47. The summed E-state index contributed by atoms with van der Waals surface area (Å²) in [4.78, 5) is 15.7. The van der Waals surface area contributed by atoms with E-state index in [9.17, 15) is 13.2 Å². The van der Waals surface area contributed by atoms with Gasteiger partial charge in [0.1, 0.15) is 0 Å². The van der Waals surface area contributed by atoms with Crippen molar-refractivity contribution in [2.75, 3.05) is 19.3 Å². The molecule has 0 saturated carbocycles. The lowest BCUT2D eigenvalue weighted by atomic mass is 10.2. The van der Waals surface area contributed by atoms with Gasteiger partial charge in [-0.3, -0.25) is 9.78 Å². The highest BCUT2D eigenvalue weighted by atomic mass is 32.2. The van der Waals surface area contributed by atoms with Crippen molar-refractivity contribution in [3.63, 3.8) is 0 Å². The van der Waals surface area contributed by atoms with E-state index in [4.69, 9.17) is 0 Å². The topological polar surface area (TPSA) is 79.4 Å². The van der Waals surface area contributed by atoms with Crippen LogP contribution in [0.1, 0.15) is 16.8 Å². The number of hydrogen-bond donors (Lipinski definition) is 1. The first-order valence-corrected chi connectivity index (χ1v) is 7.47. The molecular formula is C11H15N3O3S. The fourth-order valence-electron chi connectivity index (χ4n) is 1.91. The molecule has 1 aliphatic rings. The molecule has 98 valence electrons. The molecule has 1 amide bonds. The molecule has 1 unspecified atom stereocenters. The molecule has 0 bridgehead atoms. The van der Waals surface area contributed by atoms with Gasteiger partial charge in [-0.2, -0.15) is 0 Å². The average molecular weight is 269 g/mol. The molecule has 1 aromatic heterocycles. The molecule has 2 heterocycles. The molecule has 1 atom stereocenters. The van der Waals surface area contributed by atoms with Crippen molar-refractivity contribution in [3.05, 3.63) is 30.1 Å². The monoisotopic (exact) mass is 269 g/mol. The van der Waals surface area contributed by atoms with Crippen molar-refractivity contribution in [2.24, 2.45) is 0 Å². The molecule has 1 fully saturated rings. The fourth-order valence-corrected chi connectivity index (χ4v) is 2.80. The van der Waals surface area contributed by atoms with Gasteiger partial charge in [0.05, 0.1) is 11.8 Å². The number of nitrogens with zero attached hydrogens (tertiary/aromatic N) is 2. The molecule has 1 aliphatic heterocycles. The minimum atomic E-state index is -3.17.